The molecular weight excluding hydrogens is 713 g/mol. The van der Waals surface area contributed by atoms with E-state index in [1.807, 2.05) is 31.2 Å². The third-order valence-corrected chi connectivity index (χ3v) is 10.3. The molecule has 0 heterocycles. The second-order valence-electron chi connectivity index (χ2n) is 15.6. The number of unbranched alkanes of at least 4 members (excludes halogenated alkanes) is 16. The molecule has 2 aromatic carbocycles. The van der Waals surface area contributed by atoms with E-state index >= 15 is 0 Å². The smallest absolute Gasteiger partial charge is 0.342 e. The van der Waals surface area contributed by atoms with Gasteiger partial charge in [0.05, 0.1) is 6.10 Å². The van der Waals surface area contributed by atoms with Crippen molar-refractivity contribution in [2.45, 2.75) is 200 Å². The molecular formula is C50H76O7. The molecule has 0 amide bonds. The lowest BCUT2D eigenvalue weighted by atomic mass is 10.1. The van der Waals surface area contributed by atoms with Crippen molar-refractivity contribution < 1.29 is 33.7 Å². The van der Waals surface area contributed by atoms with Gasteiger partial charge in [-0.05, 0) is 94.9 Å². The van der Waals surface area contributed by atoms with Gasteiger partial charge in [-0.25, -0.2) is 4.79 Å². The number of aliphatic hydroxyl groups is 1. The summed E-state index contributed by atoms with van der Waals surface area (Å²) in [6.07, 6.45) is 33.2. The van der Waals surface area contributed by atoms with Gasteiger partial charge in [0.15, 0.2) is 0 Å². The van der Waals surface area contributed by atoms with Gasteiger partial charge in [-0.15, -0.1) is 0 Å². The zero-order valence-electron chi connectivity index (χ0n) is 35.9. The number of carbonyl (C=O) groups excluding carboxylic acids is 3. The van der Waals surface area contributed by atoms with Gasteiger partial charge in [0.2, 0.25) is 0 Å². The van der Waals surface area contributed by atoms with Crippen molar-refractivity contribution in [3.05, 3.63) is 84.0 Å². The molecule has 7 heteroatoms. The highest BCUT2D eigenvalue weighted by molar-refractivity contribution is 5.93. The van der Waals surface area contributed by atoms with E-state index in [4.69, 9.17) is 14.2 Å². The first-order valence-electron chi connectivity index (χ1n) is 22.6. The molecule has 0 aliphatic rings. The van der Waals surface area contributed by atoms with E-state index < -0.39 is 5.97 Å². The van der Waals surface area contributed by atoms with Crippen molar-refractivity contribution >= 4 is 17.9 Å². The van der Waals surface area contributed by atoms with Crippen molar-refractivity contribution in [3.8, 4) is 11.5 Å². The average Bonchev–Trinajstić information content (AvgIpc) is 3.20. The van der Waals surface area contributed by atoms with Crippen LogP contribution in [0.15, 0.2) is 72.8 Å². The number of para-hydroxylation sites is 2. The van der Waals surface area contributed by atoms with Gasteiger partial charge in [0, 0.05) is 19.3 Å². The van der Waals surface area contributed by atoms with Crippen molar-refractivity contribution in [2.75, 3.05) is 0 Å². The van der Waals surface area contributed by atoms with Crippen molar-refractivity contribution in [2.24, 2.45) is 0 Å². The minimum absolute atomic E-state index is 0.171. The quantitative estimate of drug-likeness (QED) is 0.0326. The number of esters is 3. The van der Waals surface area contributed by atoms with Gasteiger partial charge in [-0.1, -0.05) is 152 Å². The van der Waals surface area contributed by atoms with Crippen LogP contribution < -0.4 is 9.47 Å². The van der Waals surface area contributed by atoms with E-state index in [2.05, 4.69) is 38.2 Å². The molecule has 2 rings (SSSR count). The summed E-state index contributed by atoms with van der Waals surface area (Å²) in [6, 6.07) is 14.5. The summed E-state index contributed by atoms with van der Waals surface area (Å²) in [5.41, 5.74) is 1.25. The second-order valence-corrected chi connectivity index (χ2v) is 15.6. The number of aliphatic hydroxyl groups excluding tert-OH is 1. The van der Waals surface area contributed by atoms with Crippen LogP contribution in [0, 0.1) is 6.92 Å². The highest BCUT2D eigenvalue weighted by atomic mass is 16.6. The molecule has 0 aliphatic heterocycles. The third-order valence-electron chi connectivity index (χ3n) is 10.3. The normalized spacial score (nSPS) is 12.6. The first-order chi connectivity index (χ1) is 27.8. The van der Waals surface area contributed by atoms with Crippen LogP contribution in [-0.4, -0.2) is 35.2 Å². The van der Waals surface area contributed by atoms with Gasteiger partial charge in [0.1, 0.15) is 23.2 Å². The van der Waals surface area contributed by atoms with E-state index in [9.17, 15) is 19.5 Å². The molecule has 2 aromatic rings. The lowest BCUT2D eigenvalue weighted by molar-refractivity contribution is -0.135. The van der Waals surface area contributed by atoms with E-state index in [1.165, 1.54) is 19.3 Å². The van der Waals surface area contributed by atoms with E-state index in [1.54, 1.807) is 24.3 Å². The summed E-state index contributed by atoms with van der Waals surface area (Å²) in [7, 11) is 0. The highest BCUT2D eigenvalue weighted by Crippen LogP contribution is 2.23. The number of benzene rings is 2. The molecule has 0 fully saturated rings. The molecule has 318 valence electrons. The average molecular weight is 789 g/mol. The van der Waals surface area contributed by atoms with Crippen LogP contribution >= 0.6 is 0 Å². The van der Waals surface area contributed by atoms with E-state index in [0.717, 1.165) is 134 Å². The Hall–Kier alpha value is -3.71. The summed E-state index contributed by atoms with van der Waals surface area (Å²) < 4.78 is 17.2. The number of allylic oxidation sites excluding steroid dienone is 2. The van der Waals surface area contributed by atoms with Crippen LogP contribution in [0.25, 0.3) is 0 Å². The minimum Gasteiger partial charge on any atom is -0.458 e. The Morgan fingerprint density at radius 3 is 1.67 bits per heavy atom. The fraction of sp³-hybridized carbons (Fsp3) is 0.620. The van der Waals surface area contributed by atoms with Crippen molar-refractivity contribution in [1.82, 2.24) is 0 Å². The summed E-state index contributed by atoms with van der Waals surface area (Å²) in [4.78, 5) is 38.3. The molecule has 0 aromatic heterocycles. The summed E-state index contributed by atoms with van der Waals surface area (Å²) in [5, 5.41) is 10.1. The number of rotatable bonds is 34. The minimum atomic E-state index is -0.453. The zero-order valence-corrected chi connectivity index (χ0v) is 35.9. The molecule has 0 radical (unpaired) electrons. The number of hydrogen-bond donors (Lipinski definition) is 1. The maximum absolute atomic E-state index is 13.4. The molecule has 0 bridgehead atoms. The second kappa shape index (κ2) is 33.3. The topological polar surface area (TPSA) is 99.1 Å². The Bertz CT molecular complexity index is 1410. The Morgan fingerprint density at radius 1 is 0.561 bits per heavy atom. The molecule has 57 heavy (non-hydrogen) atoms. The lowest BCUT2D eigenvalue weighted by Crippen LogP contribution is -2.19. The number of hydrogen-bond acceptors (Lipinski definition) is 7. The fourth-order valence-electron chi connectivity index (χ4n) is 6.77. The van der Waals surface area contributed by atoms with Gasteiger partial charge >= 0.3 is 17.9 Å². The Kier molecular flexibility index (Phi) is 28.9. The predicted molar refractivity (Wildman–Crippen MR) is 234 cm³/mol. The maximum atomic E-state index is 13.4. The van der Waals surface area contributed by atoms with E-state index in [-0.39, 0.29) is 35.5 Å². The molecule has 2 atom stereocenters. The van der Waals surface area contributed by atoms with Crippen LogP contribution in [0.4, 0.5) is 0 Å². The molecule has 2 unspecified atom stereocenters. The zero-order chi connectivity index (χ0) is 41.2. The molecule has 0 spiro atoms. The largest absolute Gasteiger partial charge is 0.458 e. The fourth-order valence-corrected chi connectivity index (χ4v) is 6.77. The Labute approximate surface area is 346 Å². The molecule has 0 aliphatic carbocycles. The van der Waals surface area contributed by atoms with Gasteiger partial charge in [-0.2, -0.15) is 0 Å². The first kappa shape index (κ1) is 49.4. The molecule has 7 nitrogen and oxygen atoms in total. The molecule has 0 saturated carbocycles. The third kappa shape index (κ3) is 25.3. The monoisotopic (exact) mass is 789 g/mol. The summed E-state index contributed by atoms with van der Waals surface area (Å²) in [5.74, 6) is -0.0518. The number of ether oxygens (including phenoxy) is 3. The Balaban J connectivity index is 1.66. The maximum Gasteiger partial charge on any atom is 0.342 e. The van der Waals surface area contributed by atoms with Crippen LogP contribution in [0.5, 0.6) is 11.5 Å². The SMILES string of the molecule is CCCCCCC(O)CC=CCCCCCCCC(=O)Oc1ccccc1C(=O)OC(CC=CCCCCCCCC(=O)Oc1ccccc1C)CCCCCC. The first-order valence-corrected chi connectivity index (χ1v) is 22.6. The predicted octanol–water partition coefficient (Wildman–Crippen LogP) is 13.7. The van der Waals surface area contributed by atoms with Crippen LogP contribution in [0.3, 0.4) is 0 Å². The number of aryl methyl sites for hydroxylation is 1. The highest BCUT2D eigenvalue weighted by Gasteiger charge is 2.20. The van der Waals surface area contributed by atoms with Crippen LogP contribution in [0.1, 0.15) is 197 Å². The standard InChI is InChI=1S/C50H76O7/c1-4-6-8-22-33-43(51)34-23-18-14-10-12-16-21-27-41-49(53)57-47-39-31-29-37-45(47)50(54)55-44(35-24-9-7-5-2)36-25-19-15-11-13-17-20-26-40-48(52)56-46-38-30-28-32-42(46)3/h18-19,23,25,28-32,37-39,43-44,51H,4-17,20-22,24,26-27,33-36,40-41H2,1-3H3. The van der Waals surface area contributed by atoms with Crippen LogP contribution in [0.2, 0.25) is 0 Å². The van der Waals surface area contributed by atoms with Gasteiger partial charge < -0.3 is 19.3 Å². The Morgan fingerprint density at radius 2 is 1.05 bits per heavy atom. The molecule has 0 saturated heterocycles. The van der Waals surface area contributed by atoms with E-state index in [0.29, 0.717) is 25.0 Å². The van der Waals surface area contributed by atoms with Crippen molar-refractivity contribution in [3.63, 3.8) is 0 Å². The number of carbonyl (C=O) groups is 3. The summed E-state index contributed by atoms with van der Waals surface area (Å²) >= 11 is 0. The lowest BCUT2D eigenvalue weighted by Gasteiger charge is -2.18. The van der Waals surface area contributed by atoms with Gasteiger partial charge in [-0.3, -0.25) is 9.59 Å². The molecule has 1 N–H and O–H groups in total. The van der Waals surface area contributed by atoms with Gasteiger partial charge in [0.25, 0.3) is 0 Å². The van der Waals surface area contributed by atoms with Crippen LogP contribution in [-0.2, 0) is 14.3 Å². The summed E-state index contributed by atoms with van der Waals surface area (Å²) in [6.45, 7) is 6.33. The van der Waals surface area contributed by atoms with Crippen molar-refractivity contribution in [1.29, 1.82) is 0 Å².